The van der Waals surface area contributed by atoms with Gasteiger partial charge in [-0.2, -0.15) is 0 Å². The van der Waals surface area contributed by atoms with Crippen molar-refractivity contribution in [3.05, 3.63) is 53.6 Å². The molecule has 5 nitrogen and oxygen atoms in total. The summed E-state index contributed by atoms with van der Waals surface area (Å²) >= 11 is 0. The predicted octanol–water partition coefficient (Wildman–Crippen LogP) is 3.62. The van der Waals surface area contributed by atoms with E-state index in [-0.39, 0.29) is 18.4 Å². The second-order valence-corrected chi connectivity index (χ2v) is 6.48. The van der Waals surface area contributed by atoms with Gasteiger partial charge in [-0.05, 0) is 11.6 Å². The Morgan fingerprint density at radius 2 is 1.64 bits per heavy atom. The average Bonchev–Trinajstić information content (AvgIpc) is 2.74. The molecule has 1 aliphatic heterocycles. The van der Waals surface area contributed by atoms with Gasteiger partial charge in [-0.3, -0.25) is 4.90 Å². The molecule has 1 heterocycles. The van der Waals surface area contributed by atoms with Crippen molar-refractivity contribution in [2.24, 2.45) is 0 Å². The van der Waals surface area contributed by atoms with Crippen LogP contribution in [-0.4, -0.2) is 52.0 Å². The van der Waals surface area contributed by atoms with Crippen LogP contribution in [0.15, 0.2) is 42.5 Å². The Balaban J connectivity index is 0.00000280. The number of methoxy groups -OCH3 is 2. The van der Waals surface area contributed by atoms with Crippen molar-refractivity contribution in [3.63, 3.8) is 0 Å². The van der Waals surface area contributed by atoms with Crippen LogP contribution in [0.3, 0.4) is 0 Å². The number of hydrogen-bond acceptors (Lipinski definition) is 5. The molecule has 1 aliphatic rings. The van der Waals surface area contributed by atoms with E-state index in [1.165, 1.54) is 0 Å². The van der Waals surface area contributed by atoms with Crippen molar-refractivity contribution in [2.75, 3.05) is 47.1 Å². The van der Waals surface area contributed by atoms with Gasteiger partial charge in [-0.15, -0.1) is 12.4 Å². The molecular weight excluding hydrogens is 383 g/mol. The summed E-state index contributed by atoms with van der Waals surface area (Å²) in [5.41, 5.74) is 1.84. The number of benzene rings is 2. The Bertz CT molecular complexity index is 727. The molecule has 0 radical (unpaired) electrons. The van der Waals surface area contributed by atoms with Crippen LogP contribution >= 0.6 is 12.4 Å². The summed E-state index contributed by atoms with van der Waals surface area (Å²) in [5.74, 6) is 1.77. The van der Waals surface area contributed by atoms with Gasteiger partial charge >= 0.3 is 0 Å². The summed E-state index contributed by atoms with van der Waals surface area (Å²) in [7, 11) is 3.17. The average molecular weight is 411 g/mol. The largest absolute Gasteiger partial charge is 0.493 e. The first kappa shape index (κ1) is 22.3. The van der Waals surface area contributed by atoms with Gasteiger partial charge in [0.15, 0.2) is 11.5 Å². The molecule has 154 valence electrons. The first-order valence-corrected chi connectivity index (χ1v) is 9.20. The van der Waals surface area contributed by atoms with Crippen LogP contribution in [0.2, 0.25) is 0 Å². The van der Waals surface area contributed by atoms with Crippen molar-refractivity contribution in [3.8, 4) is 17.2 Å². The number of nitrogens with one attached hydrogen (secondary N) is 1. The molecule has 7 heteroatoms. The smallest absolute Gasteiger partial charge is 0.164 e. The van der Waals surface area contributed by atoms with Gasteiger partial charge in [0.25, 0.3) is 0 Å². The van der Waals surface area contributed by atoms with Gasteiger partial charge in [0, 0.05) is 37.8 Å². The molecule has 1 saturated heterocycles. The summed E-state index contributed by atoms with van der Waals surface area (Å²) in [6, 6.07) is 13.2. The summed E-state index contributed by atoms with van der Waals surface area (Å²) in [6.45, 7) is 3.21. The maximum absolute atomic E-state index is 14.1. The van der Waals surface area contributed by atoms with E-state index in [9.17, 15) is 4.39 Å². The Kier molecular flexibility index (Phi) is 8.83. The quantitative estimate of drug-likeness (QED) is 0.720. The maximum Gasteiger partial charge on any atom is 0.164 e. The second-order valence-electron chi connectivity index (χ2n) is 6.48. The SMILES string of the molecule is COc1cc(OCc2ccccc2)c([C@H](CF)N2CCNCC2)cc1OC.Cl. The third kappa shape index (κ3) is 5.28. The lowest BCUT2D eigenvalue weighted by Gasteiger charge is -2.34. The third-order valence-corrected chi connectivity index (χ3v) is 4.85. The van der Waals surface area contributed by atoms with E-state index >= 15 is 0 Å². The van der Waals surface area contributed by atoms with Crippen LogP contribution < -0.4 is 19.5 Å². The van der Waals surface area contributed by atoms with E-state index in [0.717, 1.165) is 37.3 Å². The van der Waals surface area contributed by atoms with Gasteiger partial charge in [0.1, 0.15) is 19.0 Å². The molecule has 1 atom stereocenters. The zero-order chi connectivity index (χ0) is 19.1. The molecule has 0 spiro atoms. The van der Waals surface area contributed by atoms with Crippen LogP contribution in [0.5, 0.6) is 17.2 Å². The minimum Gasteiger partial charge on any atom is -0.493 e. The van der Waals surface area contributed by atoms with Crippen LogP contribution in [0.4, 0.5) is 4.39 Å². The molecule has 0 bridgehead atoms. The predicted molar refractivity (Wildman–Crippen MR) is 111 cm³/mol. The fraction of sp³-hybridized carbons (Fsp3) is 0.429. The minimum absolute atomic E-state index is 0. The van der Waals surface area contributed by atoms with Crippen molar-refractivity contribution in [1.82, 2.24) is 10.2 Å². The highest BCUT2D eigenvalue weighted by atomic mass is 35.5. The van der Waals surface area contributed by atoms with Gasteiger partial charge in [0.05, 0.1) is 20.3 Å². The first-order chi connectivity index (χ1) is 13.3. The lowest BCUT2D eigenvalue weighted by Crippen LogP contribution is -2.45. The van der Waals surface area contributed by atoms with E-state index in [2.05, 4.69) is 10.2 Å². The van der Waals surface area contributed by atoms with E-state index in [4.69, 9.17) is 14.2 Å². The molecule has 28 heavy (non-hydrogen) atoms. The van der Waals surface area contributed by atoms with Crippen LogP contribution in [0, 0.1) is 0 Å². The second kappa shape index (κ2) is 11.1. The van der Waals surface area contributed by atoms with E-state index in [1.54, 1.807) is 20.3 Å². The maximum atomic E-state index is 14.1. The third-order valence-electron chi connectivity index (χ3n) is 4.85. The van der Waals surface area contributed by atoms with E-state index in [0.29, 0.717) is 23.9 Å². The molecule has 2 aromatic carbocycles. The van der Waals surface area contributed by atoms with Gasteiger partial charge < -0.3 is 19.5 Å². The normalized spacial score (nSPS) is 15.4. The van der Waals surface area contributed by atoms with E-state index < -0.39 is 6.67 Å². The minimum atomic E-state index is -0.489. The number of piperazine rings is 1. The summed E-state index contributed by atoms with van der Waals surface area (Å²) < 4.78 is 31.1. The molecule has 0 amide bonds. The Hall–Kier alpha value is -2.02. The molecule has 0 saturated carbocycles. The zero-order valence-corrected chi connectivity index (χ0v) is 17.1. The van der Waals surface area contributed by atoms with Gasteiger partial charge in [0.2, 0.25) is 0 Å². The fourth-order valence-electron chi connectivity index (χ4n) is 3.37. The first-order valence-electron chi connectivity index (χ1n) is 9.20. The number of halogens is 2. The lowest BCUT2D eigenvalue weighted by atomic mass is 10.0. The van der Waals surface area contributed by atoms with Crippen molar-refractivity contribution >= 4 is 12.4 Å². The molecule has 1 N–H and O–H groups in total. The molecule has 0 unspecified atom stereocenters. The van der Waals surface area contributed by atoms with Crippen LogP contribution in [0.25, 0.3) is 0 Å². The number of ether oxygens (including phenoxy) is 3. The highest BCUT2D eigenvalue weighted by Crippen LogP contribution is 2.40. The molecule has 3 rings (SSSR count). The number of alkyl halides is 1. The molecular formula is C21H28ClFN2O3. The topological polar surface area (TPSA) is 43.0 Å². The summed E-state index contributed by atoms with van der Waals surface area (Å²) in [4.78, 5) is 2.15. The molecule has 2 aromatic rings. The molecule has 0 aliphatic carbocycles. The monoisotopic (exact) mass is 410 g/mol. The van der Waals surface area contributed by atoms with Crippen LogP contribution in [0.1, 0.15) is 17.2 Å². The van der Waals surface area contributed by atoms with Gasteiger partial charge in [-0.25, -0.2) is 4.39 Å². The van der Waals surface area contributed by atoms with Crippen molar-refractivity contribution in [1.29, 1.82) is 0 Å². The summed E-state index contributed by atoms with van der Waals surface area (Å²) in [5, 5.41) is 3.31. The number of rotatable bonds is 8. The van der Waals surface area contributed by atoms with Crippen molar-refractivity contribution in [2.45, 2.75) is 12.6 Å². The fourth-order valence-corrected chi connectivity index (χ4v) is 3.37. The Morgan fingerprint density at radius 1 is 1.00 bits per heavy atom. The molecule has 1 fully saturated rings. The zero-order valence-electron chi connectivity index (χ0n) is 16.3. The van der Waals surface area contributed by atoms with E-state index in [1.807, 2.05) is 36.4 Å². The summed E-state index contributed by atoms with van der Waals surface area (Å²) in [6.07, 6.45) is 0. The number of hydrogen-bond donors (Lipinski definition) is 1. The lowest BCUT2D eigenvalue weighted by molar-refractivity contribution is 0.143. The number of nitrogens with zero attached hydrogens (tertiary/aromatic N) is 1. The van der Waals surface area contributed by atoms with Gasteiger partial charge in [-0.1, -0.05) is 30.3 Å². The highest BCUT2D eigenvalue weighted by molar-refractivity contribution is 5.85. The van der Waals surface area contributed by atoms with Crippen molar-refractivity contribution < 1.29 is 18.6 Å². The Morgan fingerprint density at radius 3 is 2.25 bits per heavy atom. The Labute approximate surface area is 172 Å². The molecule has 0 aromatic heterocycles. The van der Waals surface area contributed by atoms with Crippen LogP contribution in [-0.2, 0) is 6.61 Å². The highest BCUT2D eigenvalue weighted by Gasteiger charge is 2.27. The standard InChI is InChI=1S/C21H27FN2O3.ClH/c1-25-20-12-17(18(14-22)24-10-8-23-9-11-24)19(13-21(20)26-2)27-15-16-6-4-3-5-7-16;/h3-7,12-13,18,23H,8-11,14-15H2,1-2H3;1H/t18-;/m0./s1.